The van der Waals surface area contributed by atoms with E-state index < -0.39 is 0 Å². The van der Waals surface area contributed by atoms with Crippen molar-refractivity contribution in [1.82, 2.24) is 9.97 Å². The zero-order chi connectivity index (χ0) is 17.1. The number of nitrogens with one attached hydrogen (secondary N) is 2. The number of nitrogens with two attached hydrogens (primary N) is 1. The Kier molecular flexibility index (Phi) is 4.92. The Bertz CT molecular complexity index is 835. The number of benzene rings is 2. The van der Waals surface area contributed by atoms with E-state index in [2.05, 4.69) is 15.3 Å². The molecule has 0 spiro atoms. The van der Waals surface area contributed by atoms with Gasteiger partial charge in [0.2, 0.25) is 5.91 Å². The van der Waals surface area contributed by atoms with Gasteiger partial charge in [-0.25, -0.2) is 4.98 Å². The van der Waals surface area contributed by atoms with E-state index in [1.807, 2.05) is 24.3 Å². The topological polar surface area (TPSA) is 83.8 Å². The summed E-state index contributed by atoms with van der Waals surface area (Å²) in [6.07, 6.45) is 1.75. The standard InChI is InChI=1S/C17H16Cl2N4O/c18-11-8-10(9-12(19)17(11)20)21-16(24)7-3-6-15-22-13-4-1-2-5-14(13)23-15/h1-2,4-5,8-9H,3,6-7,20H2,(H,21,24)(H,22,23). The fourth-order valence-electron chi connectivity index (χ4n) is 2.42. The van der Waals surface area contributed by atoms with Crippen molar-refractivity contribution >= 4 is 51.5 Å². The van der Waals surface area contributed by atoms with Gasteiger partial charge in [0.05, 0.1) is 26.8 Å². The maximum atomic E-state index is 12.0. The summed E-state index contributed by atoms with van der Waals surface area (Å²) in [5.41, 5.74) is 8.45. The smallest absolute Gasteiger partial charge is 0.224 e. The van der Waals surface area contributed by atoms with E-state index in [0.717, 1.165) is 16.9 Å². The Morgan fingerprint density at radius 1 is 1.21 bits per heavy atom. The van der Waals surface area contributed by atoms with Gasteiger partial charge in [-0.3, -0.25) is 4.79 Å². The number of carbonyl (C=O) groups excluding carboxylic acids is 1. The van der Waals surface area contributed by atoms with Gasteiger partial charge in [-0.1, -0.05) is 35.3 Å². The van der Waals surface area contributed by atoms with E-state index in [4.69, 9.17) is 28.9 Å². The quantitative estimate of drug-likeness (QED) is 0.587. The van der Waals surface area contributed by atoms with Crippen molar-refractivity contribution in [2.45, 2.75) is 19.3 Å². The predicted octanol–water partition coefficient (Wildman–Crippen LogP) is 4.41. The van der Waals surface area contributed by atoms with Crippen LogP contribution in [0.2, 0.25) is 10.0 Å². The van der Waals surface area contributed by atoms with Gasteiger partial charge >= 0.3 is 0 Å². The zero-order valence-corrected chi connectivity index (χ0v) is 14.3. The number of nitrogen functional groups attached to an aromatic ring is 1. The largest absolute Gasteiger partial charge is 0.396 e. The number of aromatic amines is 1. The second-order valence-corrected chi connectivity index (χ2v) is 6.27. The molecule has 5 nitrogen and oxygen atoms in total. The van der Waals surface area contributed by atoms with Crippen LogP contribution in [-0.2, 0) is 11.2 Å². The second kappa shape index (κ2) is 7.11. The van der Waals surface area contributed by atoms with Crippen LogP contribution in [0.3, 0.4) is 0 Å². The van der Waals surface area contributed by atoms with Gasteiger partial charge < -0.3 is 16.0 Å². The summed E-state index contributed by atoms with van der Waals surface area (Å²) in [7, 11) is 0. The third-order valence-corrected chi connectivity index (χ3v) is 4.24. The SMILES string of the molecule is Nc1c(Cl)cc(NC(=O)CCCc2nc3ccccc3[nH]2)cc1Cl. The number of hydrogen-bond acceptors (Lipinski definition) is 3. The average Bonchev–Trinajstić information content (AvgIpc) is 2.95. The molecule has 0 unspecified atom stereocenters. The zero-order valence-electron chi connectivity index (χ0n) is 12.8. The molecule has 0 aliphatic heterocycles. The van der Waals surface area contributed by atoms with Crippen molar-refractivity contribution in [3.63, 3.8) is 0 Å². The highest BCUT2D eigenvalue weighted by Crippen LogP contribution is 2.31. The number of rotatable bonds is 5. The minimum Gasteiger partial charge on any atom is -0.396 e. The number of aromatic nitrogens is 2. The Morgan fingerprint density at radius 3 is 2.62 bits per heavy atom. The van der Waals surface area contributed by atoms with Gasteiger partial charge in [-0.05, 0) is 30.7 Å². The fourth-order valence-corrected chi connectivity index (χ4v) is 2.91. The van der Waals surface area contributed by atoms with Crippen molar-refractivity contribution in [3.8, 4) is 0 Å². The highest BCUT2D eigenvalue weighted by molar-refractivity contribution is 6.39. The molecule has 3 aromatic rings. The summed E-state index contributed by atoms with van der Waals surface area (Å²) in [6, 6.07) is 11.0. The first kappa shape index (κ1) is 16.6. The first-order valence-electron chi connectivity index (χ1n) is 7.51. The molecule has 0 radical (unpaired) electrons. The minimum absolute atomic E-state index is 0.108. The van der Waals surface area contributed by atoms with E-state index in [1.54, 1.807) is 12.1 Å². The van der Waals surface area contributed by atoms with Crippen LogP contribution < -0.4 is 11.1 Å². The van der Waals surface area contributed by atoms with Crippen molar-refractivity contribution < 1.29 is 4.79 Å². The van der Waals surface area contributed by atoms with Gasteiger partial charge in [0.15, 0.2) is 0 Å². The van der Waals surface area contributed by atoms with E-state index in [1.165, 1.54) is 0 Å². The lowest BCUT2D eigenvalue weighted by Crippen LogP contribution is -2.12. The molecule has 7 heteroatoms. The summed E-state index contributed by atoms with van der Waals surface area (Å²) in [5.74, 6) is 0.769. The highest BCUT2D eigenvalue weighted by atomic mass is 35.5. The Balaban J connectivity index is 1.54. The lowest BCUT2D eigenvalue weighted by Gasteiger charge is -2.08. The first-order chi connectivity index (χ1) is 11.5. The van der Waals surface area contributed by atoms with Gasteiger partial charge in [0, 0.05) is 18.5 Å². The molecule has 2 aromatic carbocycles. The van der Waals surface area contributed by atoms with E-state index in [-0.39, 0.29) is 5.91 Å². The first-order valence-corrected chi connectivity index (χ1v) is 8.26. The molecule has 1 aromatic heterocycles. The van der Waals surface area contributed by atoms with Crippen LogP contribution in [0, 0.1) is 0 Å². The third kappa shape index (κ3) is 3.80. The molecule has 24 heavy (non-hydrogen) atoms. The molecule has 1 amide bonds. The van der Waals surface area contributed by atoms with Crippen molar-refractivity contribution in [1.29, 1.82) is 0 Å². The normalized spacial score (nSPS) is 10.9. The van der Waals surface area contributed by atoms with Gasteiger partial charge in [0.25, 0.3) is 0 Å². The number of halogens is 2. The number of anilines is 2. The maximum Gasteiger partial charge on any atom is 0.224 e. The fraction of sp³-hybridized carbons (Fsp3) is 0.176. The molecule has 3 rings (SSSR count). The predicted molar refractivity (Wildman–Crippen MR) is 98.5 cm³/mol. The molecule has 4 N–H and O–H groups in total. The maximum absolute atomic E-state index is 12.0. The number of nitrogens with zero attached hydrogens (tertiary/aromatic N) is 1. The number of para-hydroxylation sites is 2. The lowest BCUT2D eigenvalue weighted by atomic mass is 10.2. The monoisotopic (exact) mass is 362 g/mol. The number of imidazole rings is 1. The molecular weight excluding hydrogens is 347 g/mol. The molecule has 0 aliphatic carbocycles. The number of hydrogen-bond donors (Lipinski definition) is 3. The third-order valence-electron chi connectivity index (χ3n) is 3.62. The molecular formula is C17H16Cl2N4O. The number of amides is 1. The van der Waals surface area contributed by atoms with Crippen LogP contribution in [0.25, 0.3) is 11.0 Å². The number of carbonyl (C=O) groups is 1. The van der Waals surface area contributed by atoms with Crippen LogP contribution in [0.1, 0.15) is 18.7 Å². The highest BCUT2D eigenvalue weighted by Gasteiger charge is 2.09. The lowest BCUT2D eigenvalue weighted by molar-refractivity contribution is -0.116. The number of aryl methyl sites for hydroxylation is 1. The Hall–Kier alpha value is -2.24. The Morgan fingerprint density at radius 2 is 1.92 bits per heavy atom. The molecule has 0 atom stereocenters. The Labute approximate surface area is 149 Å². The molecule has 0 saturated carbocycles. The molecule has 1 heterocycles. The van der Waals surface area contributed by atoms with E-state index >= 15 is 0 Å². The minimum atomic E-state index is -0.108. The van der Waals surface area contributed by atoms with Crippen LogP contribution in [0.5, 0.6) is 0 Å². The molecule has 124 valence electrons. The summed E-state index contributed by atoms with van der Waals surface area (Å²) >= 11 is 11.9. The van der Waals surface area contributed by atoms with Crippen LogP contribution >= 0.6 is 23.2 Å². The molecule has 0 saturated heterocycles. The van der Waals surface area contributed by atoms with Crippen LogP contribution in [0.15, 0.2) is 36.4 Å². The van der Waals surface area contributed by atoms with Crippen LogP contribution in [0.4, 0.5) is 11.4 Å². The van der Waals surface area contributed by atoms with Gasteiger partial charge in [0.1, 0.15) is 5.82 Å². The summed E-state index contributed by atoms with van der Waals surface area (Å²) in [4.78, 5) is 19.8. The second-order valence-electron chi connectivity index (χ2n) is 5.46. The molecule has 0 bridgehead atoms. The number of H-pyrrole nitrogens is 1. The van der Waals surface area contributed by atoms with E-state index in [9.17, 15) is 4.79 Å². The van der Waals surface area contributed by atoms with Crippen molar-refractivity contribution in [3.05, 3.63) is 52.3 Å². The van der Waals surface area contributed by atoms with Crippen molar-refractivity contribution in [2.75, 3.05) is 11.1 Å². The van der Waals surface area contributed by atoms with Gasteiger partial charge in [-0.2, -0.15) is 0 Å². The molecule has 0 fully saturated rings. The summed E-state index contributed by atoms with van der Waals surface area (Å²) in [6.45, 7) is 0. The summed E-state index contributed by atoms with van der Waals surface area (Å²) in [5, 5.41) is 3.41. The number of fused-ring (bicyclic) bond motifs is 1. The summed E-state index contributed by atoms with van der Waals surface area (Å²) < 4.78 is 0. The van der Waals surface area contributed by atoms with Gasteiger partial charge in [-0.15, -0.1) is 0 Å². The van der Waals surface area contributed by atoms with Crippen LogP contribution in [-0.4, -0.2) is 15.9 Å². The van der Waals surface area contributed by atoms with E-state index in [0.29, 0.717) is 40.7 Å². The average molecular weight is 363 g/mol. The van der Waals surface area contributed by atoms with Crippen molar-refractivity contribution in [2.24, 2.45) is 0 Å². The molecule has 0 aliphatic rings.